The third-order valence-corrected chi connectivity index (χ3v) is 4.42. The number of carbonyl (C=O) groups is 1. The molecule has 0 radical (unpaired) electrons. The predicted molar refractivity (Wildman–Crippen MR) is 82.3 cm³/mol. The van der Waals surface area contributed by atoms with Crippen molar-refractivity contribution in [3.05, 3.63) is 22.4 Å². The molecule has 1 unspecified atom stereocenters. The van der Waals surface area contributed by atoms with Crippen molar-refractivity contribution in [1.29, 1.82) is 0 Å². The number of benzene rings is 1. The minimum atomic E-state index is -0.926. The SMILES string of the molecule is COCC(C)n1c(SCC(=O)O)nc2cc(Br)c(F)cc21. The van der Waals surface area contributed by atoms with Crippen molar-refractivity contribution >= 4 is 44.7 Å². The van der Waals surface area contributed by atoms with E-state index in [1.54, 1.807) is 13.2 Å². The van der Waals surface area contributed by atoms with E-state index in [0.29, 0.717) is 27.3 Å². The number of aliphatic carboxylic acids is 1. The van der Waals surface area contributed by atoms with Gasteiger partial charge in [-0.05, 0) is 28.9 Å². The highest BCUT2D eigenvalue weighted by Gasteiger charge is 2.19. The van der Waals surface area contributed by atoms with Crippen molar-refractivity contribution < 1.29 is 19.0 Å². The Labute approximate surface area is 133 Å². The molecule has 0 bridgehead atoms. The monoisotopic (exact) mass is 376 g/mol. The van der Waals surface area contributed by atoms with E-state index >= 15 is 0 Å². The van der Waals surface area contributed by atoms with Crippen molar-refractivity contribution in [2.75, 3.05) is 19.5 Å². The summed E-state index contributed by atoms with van der Waals surface area (Å²) in [5.74, 6) is -1.42. The van der Waals surface area contributed by atoms with Gasteiger partial charge in [-0.2, -0.15) is 0 Å². The minimum Gasteiger partial charge on any atom is -0.481 e. The van der Waals surface area contributed by atoms with E-state index in [2.05, 4.69) is 20.9 Å². The minimum absolute atomic E-state index is 0.0862. The normalized spacial score (nSPS) is 12.8. The van der Waals surface area contributed by atoms with Gasteiger partial charge in [0.2, 0.25) is 0 Å². The smallest absolute Gasteiger partial charge is 0.313 e. The number of methoxy groups -OCH3 is 1. The van der Waals surface area contributed by atoms with Gasteiger partial charge >= 0.3 is 5.97 Å². The van der Waals surface area contributed by atoms with Crippen LogP contribution in [-0.4, -0.2) is 40.1 Å². The first-order valence-corrected chi connectivity index (χ1v) is 7.92. The number of carboxylic acids is 1. The number of aromatic nitrogens is 2. The van der Waals surface area contributed by atoms with E-state index < -0.39 is 5.97 Å². The van der Waals surface area contributed by atoms with E-state index in [0.717, 1.165) is 11.8 Å². The Morgan fingerprint density at radius 2 is 2.33 bits per heavy atom. The lowest BCUT2D eigenvalue weighted by molar-refractivity contribution is -0.133. The van der Waals surface area contributed by atoms with Gasteiger partial charge in [0.1, 0.15) is 5.82 Å². The second-order valence-corrected chi connectivity index (χ2v) is 6.30. The fraction of sp³-hybridized carbons (Fsp3) is 0.385. The summed E-state index contributed by atoms with van der Waals surface area (Å²) in [6.45, 7) is 2.33. The maximum absolute atomic E-state index is 13.8. The van der Waals surface area contributed by atoms with Crippen LogP contribution in [0, 0.1) is 5.82 Å². The zero-order chi connectivity index (χ0) is 15.6. The molecule has 0 aliphatic heterocycles. The van der Waals surface area contributed by atoms with Gasteiger partial charge in [0.05, 0.1) is 33.9 Å². The number of thioether (sulfide) groups is 1. The molecule has 1 atom stereocenters. The Balaban J connectivity index is 2.54. The van der Waals surface area contributed by atoms with Crippen LogP contribution < -0.4 is 0 Å². The van der Waals surface area contributed by atoms with Crippen LogP contribution in [0.25, 0.3) is 11.0 Å². The molecule has 1 aromatic heterocycles. The van der Waals surface area contributed by atoms with Gasteiger partial charge in [-0.25, -0.2) is 9.37 Å². The summed E-state index contributed by atoms with van der Waals surface area (Å²) in [7, 11) is 1.58. The van der Waals surface area contributed by atoms with Crippen LogP contribution in [0.4, 0.5) is 4.39 Å². The molecule has 1 N–H and O–H groups in total. The zero-order valence-corrected chi connectivity index (χ0v) is 13.9. The van der Waals surface area contributed by atoms with Crippen LogP contribution in [-0.2, 0) is 9.53 Å². The summed E-state index contributed by atoms with van der Waals surface area (Å²) in [4.78, 5) is 15.2. The summed E-state index contributed by atoms with van der Waals surface area (Å²) in [5, 5.41) is 9.36. The van der Waals surface area contributed by atoms with Gasteiger partial charge in [0, 0.05) is 13.2 Å². The Morgan fingerprint density at radius 3 is 2.95 bits per heavy atom. The second kappa shape index (κ2) is 6.76. The first-order valence-electron chi connectivity index (χ1n) is 6.14. The van der Waals surface area contributed by atoms with Crippen LogP contribution >= 0.6 is 27.7 Å². The Kier molecular flexibility index (Phi) is 5.23. The number of hydrogen-bond acceptors (Lipinski definition) is 4. The van der Waals surface area contributed by atoms with Gasteiger partial charge in [-0.1, -0.05) is 11.8 Å². The highest BCUT2D eigenvalue weighted by Crippen LogP contribution is 2.31. The Bertz CT molecular complexity index is 677. The fourth-order valence-corrected chi connectivity index (χ4v) is 3.20. The van der Waals surface area contributed by atoms with Crippen LogP contribution in [0.5, 0.6) is 0 Å². The molecule has 0 saturated carbocycles. The molecule has 0 saturated heterocycles. The summed E-state index contributed by atoms with van der Waals surface area (Å²) < 4.78 is 21.0. The average Bonchev–Trinajstić information content (AvgIpc) is 2.75. The highest BCUT2D eigenvalue weighted by atomic mass is 79.9. The lowest BCUT2D eigenvalue weighted by Crippen LogP contribution is -2.13. The standard InChI is InChI=1S/C13H14BrFN2O3S/c1-7(5-20-2)17-11-4-9(15)8(14)3-10(11)16-13(17)21-6-12(18)19/h3-4,7H,5-6H2,1-2H3,(H,18,19). The third-order valence-electron chi connectivity index (χ3n) is 2.87. The molecule has 114 valence electrons. The summed E-state index contributed by atoms with van der Waals surface area (Å²) in [5.41, 5.74) is 1.23. The number of halogens is 2. The number of hydrogen-bond donors (Lipinski definition) is 1. The van der Waals surface area contributed by atoms with Gasteiger partial charge in [-0.3, -0.25) is 4.79 Å². The molecule has 5 nitrogen and oxygen atoms in total. The average molecular weight is 377 g/mol. The van der Waals surface area contributed by atoms with Crippen LogP contribution in [0.3, 0.4) is 0 Å². The van der Waals surface area contributed by atoms with Gasteiger partial charge in [-0.15, -0.1) is 0 Å². The van der Waals surface area contributed by atoms with Crippen LogP contribution in [0.1, 0.15) is 13.0 Å². The van der Waals surface area contributed by atoms with E-state index in [1.165, 1.54) is 6.07 Å². The molecule has 21 heavy (non-hydrogen) atoms. The van der Waals surface area contributed by atoms with E-state index in [-0.39, 0.29) is 17.6 Å². The number of rotatable bonds is 6. The molecule has 0 aliphatic rings. The zero-order valence-electron chi connectivity index (χ0n) is 11.5. The van der Waals surface area contributed by atoms with Gasteiger partial charge in [0.15, 0.2) is 5.16 Å². The lowest BCUT2D eigenvalue weighted by Gasteiger charge is -2.16. The maximum Gasteiger partial charge on any atom is 0.313 e. The molecular formula is C13H14BrFN2O3S. The van der Waals surface area contributed by atoms with E-state index in [9.17, 15) is 9.18 Å². The van der Waals surface area contributed by atoms with Crippen LogP contribution in [0.15, 0.2) is 21.8 Å². The summed E-state index contributed by atoms with van der Waals surface area (Å²) in [6, 6.07) is 2.89. The fourth-order valence-electron chi connectivity index (χ4n) is 2.04. The predicted octanol–water partition coefficient (Wildman–Crippen LogP) is 3.32. The van der Waals surface area contributed by atoms with Crippen molar-refractivity contribution in [1.82, 2.24) is 9.55 Å². The molecule has 2 rings (SSSR count). The van der Waals surface area contributed by atoms with E-state index in [1.807, 2.05) is 11.5 Å². The quantitative estimate of drug-likeness (QED) is 0.783. The first kappa shape index (κ1) is 16.3. The maximum atomic E-state index is 13.8. The van der Waals surface area contributed by atoms with Crippen LogP contribution in [0.2, 0.25) is 0 Å². The van der Waals surface area contributed by atoms with Gasteiger partial charge in [0.25, 0.3) is 0 Å². The van der Waals surface area contributed by atoms with Crippen molar-refractivity contribution in [2.24, 2.45) is 0 Å². The first-order chi connectivity index (χ1) is 9.93. The molecule has 0 amide bonds. The van der Waals surface area contributed by atoms with Gasteiger partial charge < -0.3 is 14.4 Å². The number of nitrogens with zero attached hydrogens (tertiary/aromatic N) is 2. The van der Waals surface area contributed by atoms with Crippen molar-refractivity contribution in [3.63, 3.8) is 0 Å². The number of fused-ring (bicyclic) bond motifs is 1. The highest BCUT2D eigenvalue weighted by molar-refractivity contribution is 9.10. The molecule has 2 aromatic rings. The largest absolute Gasteiger partial charge is 0.481 e. The third kappa shape index (κ3) is 3.56. The van der Waals surface area contributed by atoms with E-state index in [4.69, 9.17) is 9.84 Å². The lowest BCUT2D eigenvalue weighted by atomic mass is 10.3. The summed E-state index contributed by atoms with van der Waals surface area (Å²) in [6.07, 6.45) is 0. The summed E-state index contributed by atoms with van der Waals surface area (Å²) >= 11 is 4.24. The molecular weight excluding hydrogens is 363 g/mol. The molecule has 0 spiro atoms. The molecule has 1 aromatic carbocycles. The Morgan fingerprint density at radius 1 is 1.62 bits per heavy atom. The number of imidazole rings is 1. The van der Waals surface area contributed by atoms with Crippen molar-refractivity contribution in [3.8, 4) is 0 Å². The number of carboxylic acid groups (broad SMARTS) is 1. The second-order valence-electron chi connectivity index (χ2n) is 4.51. The number of ether oxygens (including phenoxy) is 1. The molecule has 8 heteroatoms. The molecule has 0 aliphatic carbocycles. The topological polar surface area (TPSA) is 64.3 Å². The molecule has 1 heterocycles. The Hall–Kier alpha value is -1.12. The molecule has 0 fully saturated rings. The van der Waals surface area contributed by atoms with Crippen molar-refractivity contribution in [2.45, 2.75) is 18.1 Å².